The van der Waals surface area contributed by atoms with E-state index in [0.717, 1.165) is 0 Å². The molecule has 0 aliphatic carbocycles. The molecule has 3 rings (SSSR count). The molecule has 1 heterocycles. The van der Waals surface area contributed by atoms with Crippen LogP contribution in [0.3, 0.4) is 0 Å². The summed E-state index contributed by atoms with van der Waals surface area (Å²) in [6.07, 6.45) is 4.77. The summed E-state index contributed by atoms with van der Waals surface area (Å²) in [6.45, 7) is 0. The summed E-state index contributed by atoms with van der Waals surface area (Å²) in [5, 5.41) is 13.1. The Morgan fingerprint density at radius 1 is 1.12 bits per heavy atom. The highest BCUT2D eigenvalue weighted by atomic mass is 16.6. The highest BCUT2D eigenvalue weighted by Gasteiger charge is 2.34. The zero-order valence-corrected chi connectivity index (χ0v) is 13.6. The average molecular weight is 335 g/mol. The number of allylic oxidation sites excluding steroid dienone is 2. The second-order valence-electron chi connectivity index (χ2n) is 5.51. The van der Waals surface area contributed by atoms with Gasteiger partial charge in [-0.25, -0.2) is 5.43 Å². The number of nitro groups is 1. The lowest BCUT2D eigenvalue weighted by Gasteiger charge is -2.30. The second kappa shape index (κ2) is 7.11. The number of nitrogens with zero attached hydrogens (tertiary/aromatic N) is 2. The first-order chi connectivity index (χ1) is 12.1. The van der Waals surface area contributed by atoms with E-state index in [0.29, 0.717) is 16.7 Å². The molecule has 0 aromatic heterocycles. The maximum absolute atomic E-state index is 12.9. The van der Waals surface area contributed by atoms with Crippen molar-refractivity contribution in [2.75, 3.05) is 7.05 Å². The van der Waals surface area contributed by atoms with E-state index >= 15 is 0 Å². The molecule has 0 amide bonds. The predicted molar refractivity (Wildman–Crippen MR) is 94.2 cm³/mol. The first kappa shape index (κ1) is 16.6. The standard InChI is InChI=1S/C19H17N3O3/c1-20-21-13-7-12-17(22(24)25)18(21)15-10-5-6-11-16(15)19(23)14-8-3-2-4-9-14/h2-13,18,20H,1H3. The van der Waals surface area contributed by atoms with Crippen LogP contribution in [0.4, 0.5) is 0 Å². The van der Waals surface area contributed by atoms with Crippen molar-refractivity contribution in [3.63, 3.8) is 0 Å². The van der Waals surface area contributed by atoms with Gasteiger partial charge in [0.15, 0.2) is 11.8 Å². The van der Waals surface area contributed by atoms with Crippen LogP contribution in [0.5, 0.6) is 0 Å². The van der Waals surface area contributed by atoms with Gasteiger partial charge >= 0.3 is 0 Å². The van der Waals surface area contributed by atoms with Crippen molar-refractivity contribution in [3.8, 4) is 0 Å². The van der Waals surface area contributed by atoms with Gasteiger partial charge in [0, 0.05) is 30.5 Å². The molecule has 1 N–H and O–H groups in total. The van der Waals surface area contributed by atoms with Gasteiger partial charge in [0.05, 0.1) is 4.92 Å². The van der Waals surface area contributed by atoms with Gasteiger partial charge in [-0.3, -0.25) is 19.9 Å². The highest BCUT2D eigenvalue weighted by Crippen LogP contribution is 2.33. The molecule has 6 heteroatoms. The first-order valence-corrected chi connectivity index (χ1v) is 7.80. The summed E-state index contributed by atoms with van der Waals surface area (Å²) < 4.78 is 0. The van der Waals surface area contributed by atoms with E-state index in [4.69, 9.17) is 0 Å². The molecular formula is C19H17N3O3. The fourth-order valence-corrected chi connectivity index (χ4v) is 2.91. The van der Waals surface area contributed by atoms with Crippen molar-refractivity contribution in [1.82, 2.24) is 10.4 Å². The van der Waals surface area contributed by atoms with Crippen LogP contribution in [0.1, 0.15) is 27.5 Å². The molecule has 25 heavy (non-hydrogen) atoms. The summed E-state index contributed by atoms with van der Waals surface area (Å²) in [7, 11) is 1.68. The van der Waals surface area contributed by atoms with Gasteiger partial charge in [0.2, 0.25) is 0 Å². The van der Waals surface area contributed by atoms with Crippen molar-refractivity contribution in [3.05, 3.63) is 105 Å². The van der Waals surface area contributed by atoms with E-state index in [-0.39, 0.29) is 11.5 Å². The number of carbonyl (C=O) groups excluding carboxylic acids is 1. The molecule has 0 saturated carbocycles. The molecule has 0 spiro atoms. The summed E-state index contributed by atoms with van der Waals surface area (Å²) in [5.41, 5.74) is 4.51. The van der Waals surface area contributed by atoms with Crippen LogP contribution in [0.2, 0.25) is 0 Å². The third-order valence-electron chi connectivity index (χ3n) is 4.08. The van der Waals surface area contributed by atoms with Crippen LogP contribution in [-0.2, 0) is 0 Å². The molecule has 1 aliphatic heterocycles. The van der Waals surface area contributed by atoms with Gasteiger partial charge in [-0.1, -0.05) is 54.6 Å². The van der Waals surface area contributed by atoms with Crippen molar-refractivity contribution in [1.29, 1.82) is 0 Å². The summed E-state index contributed by atoms with van der Waals surface area (Å²) in [6, 6.07) is 15.2. The molecular weight excluding hydrogens is 318 g/mol. The SMILES string of the molecule is CNN1C=CC=C([N+](=O)[O-])C1c1ccccc1C(=O)c1ccccc1. The zero-order chi connectivity index (χ0) is 17.8. The monoisotopic (exact) mass is 335 g/mol. The van der Waals surface area contributed by atoms with Crippen molar-refractivity contribution >= 4 is 5.78 Å². The fourth-order valence-electron chi connectivity index (χ4n) is 2.91. The lowest BCUT2D eigenvalue weighted by atomic mass is 9.91. The van der Waals surface area contributed by atoms with E-state index in [1.54, 1.807) is 72.9 Å². The maximum atomic E-state index is 12.9. The Labute approximate surface area is 145 Å². The van der Waals surface area contributed by atoms with E-state index in [9.17, 15) is 14.9 Å². The maximum Gasteiger partial charge on any atom is 0.274 e. The van der Waals surface area contributed by atoms with Crippen molar-refractivity contribution < 1.29 is 9.72 Å². The van der Waals surface area contributed by atoms with Gasteiger partial charge in [-0.2, -0.15) is 0 Å². The number of hydrogen-bond donors (Lipinski definition) is 1. The summed E-state index contributed by atoms with van der Waals surface area (Å²) in [5.74, 6) is -0.162. The molecule has 0 radical (unpaired) electrons. The van der Waals surface area contributed by atoms with Crippen LogP contribution in [0.15, 0.2) is 78.6 Å². The minimum Gasteiger partial charge on any atom is -0.297 e. The predicted octanol–water partition coefficient (Wildman–Crippen LogP) is 3.08. The number of carbonyl (C=O) groups is 1. The molecule has 1 unspecified atom stereocenters. The first-order valence-electron chi connectivity index (χ1n) is 7.80. The number of ketones is 1. The zero-order valence-electron chi connectivity index (χ0n) is 13.6. The number of hydrazine groups is 1. The fraction of sp³-hybridized carbons (Fsp3) is 0.105. The van der Waals surface area contributed by atoms with Crippen molar-refractivity contribution in [2.24, 2.45) is 0 Å². The van der Waals surface area contributed by atoms with E-state index in [1.165, 1.54) is 6.08 Å². The smallest absolute Gasteiger partial charge is 0.274 e. The van der Waals surface area contributed by atoms with E-state index < -0.39 is 11.0 Å². The number of rotatable bonds is 5. The molecule has 2 aromatic rings. The number of hydrogen-bond acceptors (Lipinski definition) is 5. The molecule has 1 atom stereocenters. The van der Waals surface area contributed by atoms with E-state index in [2.05, 4.69) is 5.43 Å². The molecule has 0 saturated heterocycles. The van der Waals surface area contributed by atoms with Crippen LogP contribution in [-0.4, -0.2) is 22.8 Å². The third kappa shape index (κ3) is 3.20. The Morgan fingerprint density at radius 2 is 1.80 bits per heavy atom. The molecule has 0 fully saturated rings. The van der Waals surface area contributed by atoms with Gasteiger partial charge in [-0.05, 0) is 11.6 Å². The topological polar surface area (TPSA) is 75.5 Å². The average Bonchev–Trinajstić information content (AvgIpc) is 2.67. The Morgan fingerprint density at radius 3 is 2.48 bits per heavy atom. The molecule has 6 nitrogen and oxygen atoms in total. The Bertz CT molecular complexity index is 859. The van der Waals surface area contributed by atoms with Gasteiger partial charge in [0.1, 0.15) is 0 Å². The molecule has 0 bridgehead atoms. The lowest BCUT2D eigenvalue weighted by Crippen LogP contribution is -2.38. The minimum absolute atomic E-state index is 0.00478. The van der Waals surface area contributed by atoms with Gasteiger partial charge in [-0.15, -0.1) is 0 Å². The second-order valence-corrected chi connectivity index (χ2v) is 5.51. The van der Waals surface area contributed by atoms with Crippen LogP contribution in [0.25, 0.3) is 0 Å². The van der Waals surface area contributed by atoms with Crippen LogP contribution in [0, 0.1) is 10.1 Å². The summed E-state index contributed by atoms with van der Waals surface area (Å²) >= 11 is 0. The van der Waals surface area contributed by atoms with Crippen LogP contribution >= 0.6 is 0 Å². The Hall–Kier alpha value is -3.25. The van der Waals surface area contributed by atoms with E-state index in [1.807, 2.05) is 6.07 Å². The third-order valence-corrected chi connectivity index (χ3v) is 4.08. The van der Waals surface area contributed by atoms with Gasteiger partial charge < -0.3 is 0 Å². The summed E-state index contributed by atoms with van der Waals surface area (Å²) in [4.78, 5) is 24.0. The largest absolute Gasteiger partial charge is 0.297 e. The minimum atomic E-state index is -0.700. The lowest BCUT2D eigenvalue weighted by molar-refractivity contribution is -0.434. The Balaban J connectivity index is 2.11. The van der Waals surface area contributed by atoms with Crippen molar-refractivity contribution in [2.45, 2.75) is 6.04 Å². The molecule has 1 aliphatic rings. The number of nitrogens with one attached hydrogen (secondary N) is 1. The molecule has 2 aromatic carbocycles. The van der Waals surface area contributed by atoms with Gasteiger partial charge in [0.25, 0.3) is 5.70 Å². The normalized spacial score (nSPS) is 16.4. The van der Waals surface area contributed by atoms with Crippen LogP contribution < -0.4 is 5.43 Å². The quantitative estimate of drug-likeness (QED) is 0.516. The Kier molecular flexibility index (Phi) is 4.72. The molecule has 126 valence electrons. The number of benzene rings is 2. The highest BCUT2D eigenvalue weighted by molar-refractivity contribution is 6.10.